The van der Waals surface area contributed by atoms with Crippen LogP contribution in [0.2, 0.25) is 5.02 Å². The molecule has 3 nitrogen and oxygen atoms in total. The van der Waals surface area contributed by atoms with Gasteiger partial charge in [0, 0.05) is 5.02 Å². The average molecular weight is 269 g/mol. The second kappa shape index (κ2) is 5.29. The van der Waals surface area contributed by atoms with Crippen LogP contribution in [0.5, 0.6) is 0 Å². The fourth-order valence-corrected chi connectivity index (χ4v) is 2.98. The summed E-state index contributed by atoms with van der Waals surface area (Å²) >= 11 is 6.26. The van der Waals surface area contributed by atoms with E-state index < -0.39 is 0 Å². The van der Waals surface area contributed by atoms with E-state index >= 15 is 0 Å². The van der Waals surface area contributed by atoms with Crippen molar-refractivity contribution >= 4 is 17.6 Å². The third kappa shape index (κ3) is 2.02. The van der Waals surface area contributed by atoms with E-state index in [1.165, 1.54) is 7.11 Å². The molecule has 1 saturated heterocycles. The van der Waals surface area contributed by atoms with E-state index in [0.717, 1.165) is 5.56 Å². The number of benzene rings is 1. The summed E-state index contributed by atoms with van der Waals surface area (Å²) in [6.07, 6.45) is 0.710. The molecule has 0 saturated carbocycles. The van der Waals surface area contributed by atoms with E-state index in [0.29, 0.717) is 24.7 Å². The molecule has 0 aromatic heterocycles. The molecule has 1 aromatic carbocycles. The quantitative estimate of drug-likeness (QED) is 0.788. The lowest BCUT2D eigenvalue weighted by atomic mass is 9.67. The number of rotatable bonds is 4. The maximum absolute atomic E-state index is 11.9. The van der Waals surface area contributed by atoms with Gasteiger partial charge >= 0.3 is 5.97 Å². The Kier molecular flexibility index (Phi) is 3.93. The molecule has 18 heavy (non-hydrogen) atoms. The van der Waals surface area contributed by atoms with E-state index in [1.54, 1.807) is 0 Å². The minimum Gasteiger partial charge on any atom is -0.469 e. The number of methoxy groups -OCH3 is 1. The van der Waals surface area contributed by atoms with Crippen molar-refractivity contribution in [3.8, 4) is 0 Å². The first-order chi connectivity index (χ1) is 8.65. The normalized spacial score (nSPS) is 18.8. The second-order valence-corrected chi connectivity index (χ2v) is 5.02. The zero-order chi connectivity index (χ0) is 13.2. The molecule has 1 fully saturated rings. The molecule has 0 amide bonds. The van der Waals surface area contributed by atoms with E-state index in [9.17, 15) is 4.79 Å². The zero-order valence-corrected chi connectivity index (χ0v) is 11.4. The highest BCUT2D eigenvalue weighted by atomic mass is 35.5. The Hall–Kier alpha value is -1.06. The Bertz CT molecular complexity index is 440. The van der Waals surface area contributed by atoms with Crippen molar-refractivity contribution < 1.29 is 14.3 Å². The van der Waals surface area contributed by atoms with Gasteiger partial charge < -0.3 is 9.47 Å². The first-order valence-electron chi connectivity index (χ1n) is 6.06. The molecule has 0 radical (unpaired) electrons. The van der Waals surface area contributed by atoms with Gasteiger partial charge in [0.1, 0.15) is 0 Å². The highest BCUT2D eigenvalue weighted by Crippen LogP contribution is 2.44. The third-order valence-corrected chi connectivity index (χ3v) is 4.02. The van der Waals surface area contributed by atoms with Crippen molar-refractivity contribution in [1.29, 1.82) is 0 Å². The Labute approximate surface area is 112 Å². The lowest BCUT2D eigenvalue weighted by Crippen LogP contribution is -2.55. The van der Waals surface area contributed by atoms with Crippen molar-refractivity contribution in [2.45, 2.75) is 18.8 Å². The molecule has 98 valence electrons. The molecule has 0 spiro atoms. The predicted molar refractivity (Wildman–Crippen MR) is 69.7 cm³/mol. The number of esters is 1. The number of ether oxygens (including phenoxy) is 2. The Morgan fingerprint density at radius 1 is 1.50 bits per heavy atom. The van der Waals surface area contributed by atoms with Gasteiger partial charge in [0.2, 0.25) is 0 Å². The number of carbonyl (C=O) groups excluding carboxylic acids is 1. The average Bonchev–Trinajstić information content (AvgIpc) is 2.34. The highest BCUT2D eigenvalue weighted by molar-refractivity contribution is 6.31. The van der Waals surface area contributed by atoms with Gasteiger partial charge in [-0.3, -0.25) is 4.79 Å². The van der Waals surface area contributed by atoms with Crippen molar-refractivity contribution in [2.24, 2.45) is 5.92 Å². The minimum atomic E-state index is -0.333. The molecule has 1 aliphatic rings. The lowest BCUT2D eigenvalue weighted by molar-refractivity contribution is -0.160. The fraction of sp³-hybridized carbons (Fsp3) is 0.500. The molecule has 1 aromatic rings. The van der Waals surface area contributed by atoms with Gasteiger partial charge in [-0.05, 0) is 18.1 Å². The standard InChI is InChI=1S/C14H17ClO3/c1-3-10(13(16)17-2)14(8-18-9-14)11-6-4-5-7-12(11)15/h4-7,10H,3,8-9H2,1-2H3. The minimum absolute atomic E-state index is 0.194. The number of carbonyl (C=O) groups is 1. The largest absolute Gasteiger partial charge is 0.469 e. The van der Waals surface area contributed by atoms with Crippen LogP contribution in [-0.2, 0) is 19.7 Å². The Balaban J connectivity index is 2.42. The van der Waals surface area contributed by atoms with E-state index in [-0.39, 0.29) is 17.3 Å². The molecular weight excluding hydrogens is 252 g/mol. The van der Waals surface area contributed by atoms with Gasteiger partial charge in [-0.1, -0.05) is 36.7 Å². The summed E-state index contributed by atoms with van der Waals surface area (Å²) in [6.45, 7) is 3.02. The molecule has 0 N–H and O–H groups in total. The van der Waals surface area contributed by atoms with E-state index in [4.69, 9.17) is 21.1 Å². The predicted octanol–water partition coefficient (Wildman–Crippen LogP) is 2.81. The van der Waals surface area contributed by atoms with Crippen LogP contribution in [0.25, 0.3) is 0 Å². The lowest BCUT2D eigenvalue weighted by Gasteiger charge is -2.46. The SMILES string of the molecule is CCC(C(=O)OC)C1(c2ccccc2Cl)COC1. The summed E-state index contributed by atoms with van der Waals surface area (Å²) in [4.78, 5) is 11.9. The summed E-state index contributed by atoms with van der Waals surface area (Å²) < 4.78 is 10.3. The van der Waals surface area contributed by atoms with Crippen LogP contribution >= 0.6 is 11.6 Å². The topological polar surface area (TPSA) is 35.5 Å². The summed E-state index contributed by atoms with van der Waals surface area (Å²) in [5, 5.41) is 0.683. The Morgan fingerprint density at radius 2 is 2.17 bits per heavy atom. The Morgan fingerprint density at radius 3 is 2.61 bits per heavy atom. The van der Waals surface area contributed by atoms with Gasteiger partial charge in [-0.2, -0.15) is 0 Å². The first kappa shape index (κ1) is 13.4. The molecule has 0 bridgehead atoms. The van der Waals surface area contributed by atoms with E-state index in [2.05, 4.69) is 0 Å². The molecule has 0 aliphatic carbocycles. The summed E-state index contributed by atoms with van der Waals surface area (Å²) in [7, 11) is 1.42. The van der Waals surface area contributed by atoms with Gasteiger partial charge in [0.05, 0.1) is 31.7 Å². The monoisotopic (exact) mass is 268 g/mol. The van der Waals surface area contributed by atoms with Crippen LogP contribution in [0, 0.1) is 5.92 Å². The fourth-order valence-electron chi connectivity index (χ4n) is 2.66. The van der Waals surface area contributed by atoms with Crippen LogP contribution in [0.4, 0.5) is 0 Å². The van der Waals surface area contributed by atoms with Gasteiger partial charge in [-0.15, -0.1) is 0 Å². The van der Waals surface area contributed by atoms with Gasteiger partial charge in [-0.25, -0.2) is 0 Å². The summed E-state index contributed by atoms with van der Waals surface area (Å²) in [5.74, 6) is -0.406. The maximum atomic E-state index is 11.9. The first-order valence-corrected chi connectivity index (χ1v) is 6.44. The van der Waals surface area contributed by atoms with Gasteiger partial charge in [0.15, 0.2) is 0 Å². The van der Waals surface area contributed by atoms with Crippen molar-refractivity contribution in [3.63, 3.8) is 0 Å². The number of hydrogen-bond acceptors (Lipinski definition) is 3. The summed E-state index contributed by atoms with van der Waals surface area (Å²) in [5.41, 5.74) is 0.648. The highest BCUT2D eigenvalue weighted by Gasteiger charge is 2.50. The van der Waals surface area contributed by atoms with Crippen LogP contribution < -0.4 is 0 Å². The van der Waals surface area contributed by atoms with Crippen LogP contribution in [-0.4, -0.2) is 26.3 Å². The van der Waals surface area contributed by atoms with Crippen LogP contribution in [0.15, 0.2) is 24.3 Å². The zero-order valence-electron chi connectivity index (χ0n) is 10.6. The van der Waals surface area contributed by atoms with Crippen molar-refractivity contribution in [1.82, 2.24) is 0 Å². The maximum Gasteiger partial charge on any atom is 0.309 e. The molecule has 1 heterocycles. The molecule has 2 rings (SSSR count). The van der Waals surface area contributed by atoms with Crippen LogP contribution in [0.3, 0.4) is 0 Å². The van der Waals surface area contributed by atoms with E-state index in [1.807, 2.05) is 31.2 Å². The van der Waals surface area contributed by atoms with Crippen molar-refractivity contribution in [3.05, 3.63) is 34.9 Å². The second-order valence-electron chi connectivity index (χ2n) is 4.61. The third-order valence-electron chi connectivity index (χ3n) is 3.69. The number of halogens is 1. The van der Waals surface area contributed by atoms with Gasteiger partial charge in [0.25, 0.3) is 0 Å². The number of hydrogen-bond donors (Lipinski definition) is 0. The molecule has 4 heteroatoms. The molecule has 1 atom stereocenters. The van der Waals surface area contributed by atoms with Crippen molar-refractivity contribution in [2.75, 3.05) is 20.3 Å². The molecule has 1 aliphatic heterocycles. The molecular formula is C14H17ClO3. The molecule has 1 unspecified atom stereocenters. The smallest absolute Gasteiger partial charge is 0.309 e. The summed E-state index contributed by atoms with van der Waals surface area (Å²) in [6, 6.07) is 7.64. The van der Waals surface area contributed by atoms with Crippen LogP contribution in [0.1, 0.15) is 18.9 Å².